The first-order valence-electron chi connectivity index (χ1n) is 8.37. The number of nitrogens with zero attached hydrogens (tertiary/aromatic N) is 1. The lowest BCUT2D eigenvalue weighted by Crippen LogP contribution is -2.19. The molecule has 0 saturated heterocycles. The highest BCUT2D eigenvalue weighted by Gasteiger charge is 2.19. The normalized spacial score (nSPS) is 10.6. The number of anilines is 2. The van der Waals surface area contributed by atoms with Crippen LogP contribution in [-0.4, -0.2) is 25.4 Å². The molecule has 0 aliphatic heterocycles. The number of hydrogen-bond donors (Lipinski definition) is 2. The number of amides is 2. The van der Waals surface area contributed by atoms with Crippen molar-refractivity contribution in [3.05, 3.63) is 45.8 Å². The smallest absolute Gasteiger partial charge is 0.256 e. The quantitative estimate of drug-likeness (QED) is 0.786. The van der Waals surface area contributed by atoms with Gasteiger partial charge in [-0.25, -0.2) is 0 Å². The maximum absolute atomic E-state index is 12.5. The third-order valence-electron chi connectivity index (χ3n) is 4.28. The van der Waals surface area contributed by atoms with Crippen LogP contribution in [0.5, 0.6) is 0 Å². The van der Waals surface area contributed by atoms with Crippen LogP contribution in [0, 0.1) is 13.8 Å². The van der Waals surface area contributed by atoms with Gasteiger partial charge in [0.2, 0.25) is 0 Å². The second-order valence-corrected chi connectivity index (χ2v) is 7.35. The highest BCUT2D eigenvalue weighted by atomic mass is 32.1. The van der Waals surface area contributed by atoms with E-state index in [1.54, 1.807) is 12.1 Å². The summed E-state index contributed by atoms with van der Waals surface area (Å²) >= 11 is 1.37. The van der Waals surface area contributed by atoms with Crippen molar-refractivity contribution >= 4 is 33.8 Å². The molecule has 2 aromatic rings. The minimum absolute atomic E-state index is 0.244. The summed E-state index contributed by atoms with van der Waals surface area (Å²) in [5, 5.41) is 3.33. The summed E-state index contributed by atoms with van der Waals surface area (Å²) in [5.74, 6) is -0.767. The van der Waals surface area contributed by atoms with E-state index in [1.807, 2.05) is 33.0 Å². The number of hydrogen-bond acceptors (Lipinski definition) is 4. The van der Waals surface area contributed by atoms with Crippen molar-refractivity contribution in [1.29, 1.82) is 0 Å². The van der Waals surface area contributed by atoms with Gasteiger partial charge < -0.3 is 16.0 Å². The molecule has 2 rings (SSSR count). The molecule has 0 bridgehead atoms. The Kier molecular flexibility index (Phi) is 6.20. The first kappa shape index (κ1) is 19.0. The Hall–Kier alpha value is -2.34. The molecule has 6 heteroatoms. The van der Waals surface area contributed by atoms with Crippen LogP contribution in [0.4, 0.5) is 10.7 Å². The first-order valence-corrected chi connectivity index (χ1v) is 9.19. The summed E-state index contributed by atoms with van der Waals surface area (Å²) in [6.45, 7) is 6.89. The van der Waals surface area contributed by atoms with E-state index >= 15 is 0 Å². The van der Waals surface area contributed by atoms with Gasteiger partial charge >= 0.3 is 0 Å². The minimum Gasteiger partial charge on any atom is -0.375 e. The molecule has 25 heavy (non-hydrogen) atoms. The van der Waals surface area contributed by atoms with E-state index in [9.17, 15) is 9.59 Å². The van der Waals surface area contributed by atoms with Crippen LogP contribution in [0.1, 0.15) is 50.9 Å². The third-order valence-corrected chi connectivity index (χ3v) is 5.40. The number of unbranched alkanes of at least 4 members (excludes halogenated alkanes) is 1. The Labute approximate surface area is 152 Å². The number of thiophene rings is 1. The average Bonchev–Trinajstić information content (AvgIpc) is 2.86. The second kappa shape index (κ2) is 8.16. The van der Waals surface area contributed by atoms with Crippen LogP contribution in [0.2, 0.25) is 0 Å². The van der Waals surface area contributed by atoms with E-state index in [-0.39, 0.29) is 5.91 Å². The zero-order chi connectivity index (χ0) is 18.6. The molecular formula is C19H25N3O2S. The molecule has 3 N–H and O–H groups in total. The highest BCUT2D eigenvalue weighted by Crippen LogP contribution is 2.32. The molecule has 0 unspecified atom stereocenters. The second-order valence-electron chi connectivity index (χ2n) is 6.13. The van der Waals surface area contributed by atoms with Gasteiger partial charge in [-0.1, -0.05) is 13.3 Å². The highest BCUT2D eigenvalue weighted by molar-refractivity contribution is 7.16. The number of carbonyl (C=O) groups is 2. The van der Waals surface area contributed by atoms with Gasteiger partial charge in [-0.15, -0.1) is 11.3 Å². The molecule has 5 nitrogen and oxygen atoms in total. The van der Waals surface area contributed by atoms with Crippen LogP contribution < -0.4 is 16.0 Å². The van der Waals surface area contributed by atoms with Crippen LogP contribution in [-0.2, 0) is 0 Å². The van der Waals surface area contributed by atoms with E-state index < -0.39 is 5.91 Å². The number of aryl methyl sites for hydroxylation is 1. The van der Waals surface area contributed by atoms with Crippen LogP contribution >= 0.6 is 11.3 Å². The zero-order valence-corrected chi connectivity index (χ0v) is 16.0. The Morgan fingerprint density at radius 1 is 1.20 bits per heavy atom. The van der Waals surface area contributed by atoms with Gasteiger partial charge in [-0.2, -0.15) is 0 Å². The fourth-order valence-corrected chi connectivity index (χ4v) is 3.64. The third kappa shape index (κ3) is 4.39. The van der Waals surface area contributed by atoms with E-state index in [0.29, 0.717) is 16.1 Å². The molecule has 1 aromatic carbocycles. The average molecular weight is 359 g/mol. The van der Waals surface area contributed by atoms with E-state index in [2.05, 4.69) is 17.1 Å². The number of benzene rings is 1. The largest absolute Gasteiger partial charge is 0.375 e. The van der Waals surface area contributed by atoms with Crippen LogP contribution in [0.25, 0.3) is 0 Å². The molecule has 0 spiro atoms. The molecule has 0 atom stereocenters. The van der Waals surface area contributed by atoms with E-state index in [4.69, 9.17) is 5.73 Å². The summed E-state index contributed by atoms with van der Waals surface area (Å²) in [7, 11) is 2.04. The summed E-state index contributed by atoms with van der Waals surface area (Å²) in [5.41, 5.74) is 8.28. The standard InChI is InChI=1S/C19H25N3O2S/c1-5-6-11-22(4)15-9-7-14(8-10-15)18(24)21-19-16(17(20)23)12(2)13(3)25-19/h7-10H,5-6,11H2,1-4H3,(H2,20,23)(H,21,24). The van der Waals surface area contributed by atoms with Gasteiger partial charge in [-0.05, 0) is 50.1 Å². The van der Waals surface area contributed by atoms with Gasteiger partial charge in [0.25, 0.3) is 11.8 Å². The predicted octanol–water partition coefficient (Wildman–Crippen LogP) is 3.95. The zero-order valence-electron chi connectivity index (χ0n) is 15.2. The minimum atomic E-state index is -0.523. The molecule has 0 radical (unpaired) electrons. The SMILES string of the molecule is CCCCN(C)c1ccc(C(=O)Nc2sc(C)c(C)c2C(N)=O)cc1. The number of primary amides is 1. The van der Waals surface area contributed by atoms with Gasteiger partial charge in [0, 0.05) is 29.7 Å². The summed E-state index contributed by atoms with van der Waals surface area (Å²) < 4.78 is 0. The van der Waals surface area contributed by atoms with Crippen LogP contribution in [0.15, 0.2) is 24.3 Å². The van der Waals surface area contributed by atoms with Crippen molar-refractivity contribution in [1.82, 2.24) is 0 Å². The lowest BCUT2D eigenvalue weighted by Gasteiger charge is -2.19. The molecule has 0 saturated carbocycles. The van der Waals surface area contributed by atoms with E-state index in [0.717, 1.165) is 35.5 Å². The molecule has 0 aliphatic carbocycles. The Morgan fingerprint density at radius 2 is 1.84 bits per heavy atom. The van der Waals surface area contributed by atoms with Crippen molar-refractivity contribution < 1.29 is 9.59 Å². The predicted molar refractivity (Wildman–Crippen MR) is 105 cm³/mol. The fourth-order valence-electron chi connectivity index (χ4n) is 2.58. The summed E-state index contributed by atoms with van der Waals surface area (Å²) in [6.07, 6.45) is 2.28. The summed E-state index contributed by atoms with van der Waals surface area (Å²) in [6, 6.07) is 7.46. The maximum Gasteiger partial charge on any atom is 0.256 e. The lowest BCUT2D eigenvalue weighted by molar-refractivity contribution is 0.100. The lowest BCUT2D eigenvalue weighted by atomic mass is 10.1. The Morgan fingerprint density at radius 3 is 2.40 bits per heavy atom. The number of nitrogens with two attached hydrogens (primary N) is 1. The van der Waals surface area contributed by atoms with Gasteiger partial charge in [0.1, 0.15) is 5.00 Å². The molecule has 1 heterocycles. The van der Waals surface area contributed by atoms with E-state index in [1.165, 1.54) is 11.3 Å². The van der Waals surface area contributed by atoms with Crippen molar-refractivity contribution in [3.63, 3.8) is 0 Å². The monoisotopic (exact) mass is 359 g/mol. The van der Waals surface area contributed by atoms with Crippen molar-refractivity contribution in [3.8, 4) is 0 Å². The molecule has 134 valence electrons. The molecule has 0 aliphatic rings. The Balaban J connectivity index is 2.14. The van der Waals surface area contributed by atoms with Crippen molar-refractivity contribution in [2.24, 2.45) is 5.73 Å². The first-order chi connectivity index (χ1) is 11.8. The molecule has 2 amide bonds. The van der Waals surface area contributed by atoms with Crippen molar-refractivity contribution in [2.75, 3.05) is 23.8 Å². The van der Waals surface area contributed by atoms with Gasteiger partial charge in [-0.3, -0.25) is 9.59 Å². The van der Waals surface area contributed by atoms with Crippen molar-refractivity contribution in [2.45, 2.75) is 33.6 Å². The number of nitrogens with one attached hydrogen (secondary N) is 1. The maximum atomic E-state index is 12.5. The molecular weight excluding hydrogens is 334 g/mol. The topological polar surface area (TPSA) is 75.4 Å². The fraction of sp³-hybridized carbons (Fsp3) is 0.368. The molecule has 1 aromatic heterocycles. The number of carbonyl (C=O) groups excluding carboxylic acids is 2. The van der Waals surface area contributed by atoms with Crippen LogP contribution in [0.3, 0.4) is 0 Å². The summed E-state index contributed by atoms with van der Waals surface area (Å²) in [4.78, 5) is 27.3. The number of rotatable bonds is 7. The molecule has 0 fully saturated rings. The Bertz CT molecular complexity index is 766. The van der Waals surface area contributed by atoms with Gasteiger partial charge in [0.05, 0.1) is 5.56 Å². The van der Waals surface area contributed by atoms with Gasteiger partial charge in [0.15, 0.2) is 0 Å².